The highest BCUT2D eigenvalue weighted by Crippen LogP contribution is 2.32. The minimum absolute atomic E-state index is 0.643. The molecule has 0 saturated heterocycles. The fourth-order valence-electron chi connectivity index (χ4n) is 2.09. The third-order valence-corrected chi connectivity index (χ3v) is 3.51. The highest BCUT2D eigenvalue weighted by Gasteiger charge is 2.30. The van der Waals surface area contributed by atoms with Gasteiger partial charge in [-0.25, -0.2) is 4.98 Å². The van der Waals surface area contributed by atoms with E-state index in [-0.39, 0.29) is 0 Å². The average Bonchev–Trinajstić information content (AvgIpc) is 3.17. The number of rotatable bonds is 7. The monoisotopic (exact) mass is 313 g/mol. The van der Waals surface area contributed by atoms with Crippen LogP contribution in [-0.4, -0.2) is 38.3 Å². The van der Waals surface area contributed by atoms with Crippen LogP contribution >= 0.6 is 15.9 Å². The van der Waals surface area contributed by atoms with Gasteiger partial charge in [-0.1, -0.05) is 0 Å². The minimum Gasteiger partial charge on any atom is -0.383 e. The second-order valence-electron chi connectivity index (χ2n) is 4.58. The number of pyridine rings is 1. The van der Waals surface area contributed by atoms with Gasteiger partial charge in [0, 0.05) is 42.5 Å². The van der Waals surface area contributed by atoms with Crippen LogP contribution in [0.2, 0.25) is 0 Å². The van der Waals surface area contributed by atoms with Crippen LogP contribution < -0.4 is 10.2 Å². The van der Waals surface area contributed by atoms with Gasteiger partial charge in [-0.2, -0.15) is 0 Å². The molecule has 0 radical (unpaired) electrons. The first kappa shape index (κ1) is 13.8. The van der Waals surface area contributed by atoms with Gasteiger partial charge >= 0.3 is 0 Å². The molecule has 1 aromatic rings. The average molecular weight is 314 g/mol. The summed E-state index contributed by atoms with van der Waals surface area (Å²) in [6.45, 7) is 2.48. The van der Waals surface area contributed by atoms with Crippen molar-refractivity contribution in [3.8, 4) is 0 Å². The zero-order valence-corrected chi connectivity index (χ0v) is 12.5. The van der Waals surface area contributed by atoms with E-state index in [1.165, 1.54) is 18.4 Å². The summed E-state index contributed by atoms with van der Waals surface area (Å²) < 4.78 is 6.23. The number of halogens is 1. The molecule has 18 heavy (non-hydrogen) atoms. The molecule has 0 atom stereocenters. The van der Waals surface area contributed by atoms with Crippen molar-refractivity contribution >= 4 is 21.7 Å². The molecule has 1 saturated carbocycles. The van der Waals surface area contributed by atoms with E-state index in [2.05, 4.69) is 37.2 Å². The Morgan fingerprint density at radius 2 is 2.33 bits per heavy atom. The smallest absolute Gasteiger partial charge is 0.133 e. The van der Waals surface area contributed by atoms with Gasteiger partial charge in [0.1, 0.15) is 5.82 Å². The molecular formula is C13H20BrN3O. The summed E-state index contributed by atoms with van der Waals surface area (Å²) in [4.78, 5) is 6.97. The normalized spacial score (nSPS) is 14.8. The first-order chi connectivity index (χ1) is 8.76. The first-order valence-corrected chi connectivity index (χ1v) is 7.10. The summed E-state index contributed by atoms with van der Waals surface area (Å²) in [6, 6.07) is 2.78. The number of anilines is 1. The Labute approximate surface area is 117 Å². The molecule has 1 aliphatic rings. The van der Waals surface area contributed by atoms with Crippen molar-refractivity contribution in [2.75, 3.05) is 32.2 Å². The molecule has 1 heterocycles. The number of nitrogens with one attached hydrogen (secondary N) is 1. The van der Waals surface area contributed by atoms with E-state index < -0.39 is 0 Å². The molecule has 100 valence electrons. The van der Waals surface area contributed by atoms with Gasteiger partial charge in [0.25, 0.3) is 0 Å². The molecule has 0 aliphatic heterocycles. The molecule has 0 bridgehead atoms. The Hall–Kier alpha value is -0.650. The molecule has 0 unspecified atom stereocenters. The molecule has 1 fully saturated rings. The molecular weight excluding hydrogens is 294 g/mol. The molecule has 1 N–H and O–H groups in total. The summed E-state index contributed by atoms with van der Waals surface area (Å²) in [6.07, 6.45) is 4.40. The van der Waals surface area contributed by atoms with E-state index in [4.69, 9.17) is 4.74 Å². The van der Waals surface area contributed by atoms with Gasteiger partial charge < -0.3 is 15.0 Å². The third kappa shape index (κ3) is 3.43. The van der Waals surface area contributed by atoms with Gasteiger partial charge in [0.2, 0.25) is 0 Å². The number of methoxy groups -OCH3 is 1. The zero-order chi connectivity index (χ0) is 13.0. The Morgan fingerprint density at radius 1 is 1.56 bits per heavy atom. The van der Waals surface area contributed by atoms with Gasteiger partial charge in [0.15, 0.2) is 0 Å². The lowest BCUT2D eigenvalue weighted by Gasteiger charge is -2.25. The third-order valence-electron chi connectivity index (χ3n) is 3.07. The van der Waals surface area contributed by atoms with Crippen LogP contribution in [0.5, 0.6) is 0 Å². The fraction of sp³-hybridized carbons (Fsp3) is 0.615. The van der Waals surface area contributed by atoms with Crippen molar-refractivity contribution in [2.45, 2.75) is 25.4 Å². The lowest BCUT2D eigenvalue weighted by Crippen LogP contribution is -2.31. The molecule has 0 amide bonds. The van der Waals surface area contributed by atoms with Crippen LogP contribution in [0.1, 0.15) is 18.4 Å². The van der Waals surface area contributed by atoms with E-state index >= 15 is 0 Å². The van der Waals surface area contributed by atoms with Crippen molar-refractivity contribution in [1.82, 2.24) is 10.3 Å². The number of hydrogen-bond acceptors (Lipinski definition) is 4. The standard InChI is InChI=1S/C13H20BrN3O/c1-15-8-10-7-11(14)9-16-13(10)17(5-6-18-2)12-3-4-12/h7,9,12,15H,3-6,8H2,1-2H3. The van der Waals surface area contributed by atoms with Crippen LogP contribution in [0.3, 0.4) is 0 Å². The molecule has 1 aliphatic carbocycles. The lowest BCUT2D eigenvalue weighted by molar-refractivity contribution is 0.204. The van der Waals surface area contributed by atoms with E-state index in [0.29, 0.717) is 6.04 Å². The topological polar surface area (TPSA) is 37.4 Å². The van der Waals surface area contributed by atoms with Crippen molar-refractivity contribution in [1.29, 1.82) is 0 Å². The maximum atomic E-state index is 5.20. The van der Waals surface area contributed by atoms with Crippen molar-refractivity contribution in [3.05, 3.63) is 22.3 Å². The van der Waals surface area contributed by atoms with Crippen LogP contribution in [0.25, 0.3) is 0 Å². The van der Waals surface area contributed by atoms with Gasteiger partial charge in [-0.05, 0) is 41.9 Å². The maximum absolute atomic E-state index is 5.20. The molecule has 2 rings (SSSR count). The molecule has 4 nitrogen and oxygen atoms in total. The largest absolute Gasteiger partial charge is 0.383 e. The second-order valence-corrected chi connectivity index (χ2v) is 5.50. The minimum atomic E-state index is 0.643. The number of hydrogen-bond donors (Lipinski definition) is 1. The predicted octanol–water partition coefficient (Wildman–Crippen LogP) is 2.18. The van der Waals surface area contributed by atoms with Crippen LogP contribution in [0.15, 0.2) is 16.7 Å². The quantitative estimate of drug-likeness (QED) is 0.837. The fourth-order valence-corrected chi connectivity index (χ4v) is 2.47. The highest BCUT2D eigenvalue weighted by atomic mass is 79.9. The highest BCUT2D eigenvalue weighted by molar-refractivity contribution is 9.10. The second kappa shape index (κ2) is 6.50. The summed E-state index contributed by atoms with van der Waals surface area (Å²) in [5.74, 6) is 1.09. The summed E-state index contributed by atoms with van der Waals surface area (Å²) in [5.41, 5.74) is 1.23. The Morgan fingerprint density at radius 3 is 2.94 bits per heavy atom. The number of ether oxygens (including phenoxy) is 1. The van der Waals surface area contributed by atoms with E-state index in [1.807, 2.05) is 13.2 Å². The van der Waals surface area contributed by atoms with Crippen LogP contribution in [0.4, 0.5) is 5.82 Å². The SMILES string of the molecule is CNCc1cc(Br)cnc1N(CCOC)C1CC1. The summed E-state index contributed by atoms with van der Waals surface area (Å²) in [7, 11) is 3.70. The van der Waals surface area contributed by atoms with Crippen molar-refractivity contribution < 1.29 is 4.74 Å². The van der Waals surface area contributed by atoms with E-state index in [9.17, 15) is 0 Å². The van der Waals surface area contributed by atoms with Gasteiger partial charge in [-0.3, -0.25) is 0 Å². The molecule has 0 spiro atoms. The van der Waals surface area contributed by atoms with Crippen molar-refractivity contribution in [3.63, 3.8) is 0 Å². The molecule has 1 aromatic heterocycles. The number of nitrogens with zero attached hydrogens (tertiary/aromatic N) is 2. The van der Waals surface area contributed by atoms with Crippen LogP contribution in [-0.2, 0) is 11.3 Å². The number of aromatic nitrogens is 1. The Kier molecular flexibility index (Phi) is 4.97. The molecule has 5 heteroatoms. The zero-order valence-electron chi connectivity index (χ0n) is 10.9. The summed E-state index contributed by atoms with van der Waals surface area (Å²) >= 11 is 3.49. The first-order valence-electron chi connectivity index (χ1n) is 6.31. The lowest BCUT2D eigenvalue weighted by atomic mass is 10.2. The van der Waals surface area contributed by atoms with Crippen molar-refractivity contribution in [2.24, 2.45) is 0 Å². The van der Waals surface area contributed by atoms with E-state index in [1.54, 1.807) is 7.11 Å². The van der Waals surface area contributed by atoms with E-state index in [0.717, 1.165) is 30.0 Å². The van der Waals surface area contributed by atoms with Gasteiger partial charge in [-0.15, -0.1) is 0 Å². The summed E-state index contributed by atoms with van der Waals surface area (Å²) in [5, 5.41) is 3.20. The molecule has 0 aromatic carbocycles. The Balaban J connectivity index is 2.21. The van der Waals surface area contributed by atoms with Crippen LogP contribution in [0, 0.1) is 0 Å². The predicted molar refractivity (Wildman–Crippen MR) is 76.9 cm³/mol. The maximum Gasteiger partial charge on any atom is 0.133 e. The van der Waals surface area contributed by atoms with Gasteiger partial charge in [0.05, 0.1) is 6.61 Å². The Bertz CT molecular complexity index is 396.